The predicted molar refractivity (Wildman–Crippen MR) is 68.1 cm³/mol. The highest BCUT2D eigenvalue weighted by atomic mass is 32.1. The fourth-order valence-corrected chi connectivity index (χ4v) is 2.55. The van der Waals surface area contributed by atoms with Crippen molar-refractivity contribution < 1.29 is 0 Å². The van der Waals surface area contributed by atoms with Gasteiger partial charge in [-0.2, -0.15) is 5.10 Å². The molecule has 1 N–H and O–H groups in total. The molecule has 0 bridgehead atoms. The molecular formula is C10H14N4S2. The zero-order valence-electron chi connectivity index (χ0n) is 9.52. The minimum Gasteiger partial charge on any atom is -0.299 e. The number of nitrogens with zero attached hydrogens (tertiary/aromatic N) is 3. The van der Waals surface area contributed by atoms with Crippen LogP contribution in [0.15, 0.2) is 5.51 Å². The van der Waals surface area contributed by atoms with Crippen molar-refractivity contribution in [1.29, 1.82) is 0 Å². The lowest BCUT2D eigenvalue weighted by Gasteiger charge is -2.08. The van der Waals surface area contributed by atoms with E-state index in [1.807, 2.05) is 17.0 Å². The van der Waals surface area contributed by atoms with Gasteiger partial charge in [0.1, 0.15) is 0 Å². The molecule has 4 nitrogen and oxygen atoms in total. The van der Waals surface area contributed by atoms with Crippen LogP contribution >= 0.6 is 23.6 Å². The molecule has 6 heteroatoms. The third-order valence-electron chi connectivity index (χ3n) is 2.25. The summed E-state index contributed by atoms with van der Waals surface area (Å²) in [6.07, 6.45) is 0. The van der Waals surface area contributed by atoms with Gasteiger partial charge in [-0.15, -0.1) is 11.3 Å². The van der Waals surface area contributed by atoms with E-state index in [9.17, 15) is 0 Å². The number of aryl methyl sites for hydroxylation is 1. The molecule has 2 aromatic heterocycles. The Labute approximate surface area is 103 Å². The van der Waals surface area contributed by atoms with E-state index in [-0.39, 0.29) is 0 Å². The highest BCUT2D eigenvalue weighted by Gasteiger charge is 2.13. The van der Waals surface area contributed by atoms with E-state index >= 15 is 0 Å². The minimum atomic E-state index is 0.538. The van der Waals surface area contributed by atoms with Crippen molar-refractivity contribution >= 4 is 23.6 Å². The molecule has 0 aliphatic carbocycles. The van der Waals surface area contributed by atoms with Crippen molar-refractivity contribution in [2.24, 2.45) is 5.92 Å². The second-order valence-corrected chi connectivity index (χ2v) is 5.37. The minimum absolute atomic E-state index is 0.538. The number of thiazole rings is 1. The van der Waals surface area contributed by atoms with Gasteiger partial charge in [0.25, 0.3) is 0 Å². The molecule has 86 valence electrons. The van der Waals surface area contributed by atoms with E-state index in [0.717, 1.165) is 22.9 Å². The van der Waals surface area contributed by atoms with E-state index in [0.29, 0.717) is 10.7 Å². The van der Waals surface area contributed by atoms with Gasteiger partial charge in [-0.1, -0.05) is 13.8 Å². The maximum atomic E-state index is 5.24. The van der Waals surface area contributed by atoms with Gasteiger partial charge >= 0.3 is 0 Å². The van der Waals surface area contributed by atoms with Gasteiger partial charge in [-0.25, -0.2) is 4.98 Å². The SMILES string of the molecule is Cc1ncsc1-c1n[nH]c(=S)n1CC(C)C. The molecule has 16 heavy (non-hydrogen) atoms. The highest BCUT2D eigenvalue weighted by molar-refractivity contribution is 7.71. The monoisotopic (exact) mass is 254 g/mol. The van der Waals surface area contributed by atoms with Gasteiger partial charge in [-0.05, 0) is 25.1 Å². The molecule has 0 saturated heterocycles. The van der Waals surface area contributed by atoms with Crippen LogP contribution in [0.3, 0.4) is 0 Å². The van der Waals surface area contributed by atoms with Crippen LogP contribution in [0.1, 0.15) is 19.5 Å². The van der Waals surface area contributed by atoms with Crippen LogP contribution in [0.25, 0.3) is 10.7 Å². The summed E-state index contributed by atoms with van der Waals surface area (Å²) in [7, 11) is 0. The maximum absolute atomic E-state index is 5.24. The van der Waals surface area contributed by atoms with E-state index < -0.39 is 0 Å². The molecule has 2 aromatic rings. The number of aromatic nitrogens is 4. The van der Waals surface area contributed by atoms with E-state index in [1.54, 1.807) is 11.3 Å². The van der Waals surface area contributed by atoms with Gasteiger partial charge in [0.05, 0.1) is 16.1 Å². The first kappa shape index (κ1) is 11.5. The van der Waals surface area contributed by atoms with Crippen molar-refractivity contribution in [3.05, 3.63) is 16.0 Å². The highest BCUT2D eigenvalue weighted by Crippen LogP contribution is 2.25. The van der Waals surface area contributed by atoms with E-state index in [2.05, 4.69) is 29.0 Å². The van der Waals surface area contributed by atoms with Crippen LogP contribution < -0.4 is 0 Å². The summed E-state index contributed by atoms with van der Waals surface area (Å²) in [5.41, 5.74) is 2.84. The Kier molecular flexibility index (Phi) is 3.20. The molecule has 0 spiro atoms. The predicted octanol–water partition coefficient (Wildman–Crippen LogP) is 3.03. The number of H-pyrrole nitrogens is 1. The average molecular weight is 254 g/mol. The van der Waals surface area contributed by atoms with Gasteiger partial charge < -0.3 is 0 Å². The fourth-order valence-electron chi connectivity index (χ4n) is 1.54. The van der Waals surface area contributed by atoms with Crippen molar-refractivity contribution in [2.75, 3.05) is 0 Å². The molecule has 0 aliphatic rings. The summed E-state index contributed by atoms with van der Waals surface area (Å²) in [5, 5.41) is 7.14. The summed E-state index contributed by atoms with van der Waals surface area (Å²) in [5.74, 6) is 1.44. The largest absolute Gasteiger partial charge is 0.299 e. The molecule has 2 heterocycles. The van der Waals surface area contributed by atoms with Crippen LogP contribution in [-0.2, 0) is 6.54 Å². The number of hydrogen-bond acceptors (Lipinski definition) is 4. The normalized spacial score (nSPS) is 11.2. The van der Waals surface area contributed by atoms with Crippen LogP contribution in [0, 0.1) is 17.6 Å². The van der Waals surface area contributed by atoms with E-state index in [1.165, 1.54) is 0 Å². The number of aromatic amines is 1. The first-order valence-corrected chi connectivity index (χ1v) is 6.44. The summed E-state index contributed by atoms with van der Waals surface area (Å²) >= 11 is 6.83. The molecule has 0 aromatic carbocycles. The molecule has 0 radical (unpaired) electrons. The summed E-state index contributed by atoms with van der Waals surface area (Å²) in [6, 6.07) is 0. The third kappa shape index (κ3) is 2.08. The van der Waals surface area contributed by atoms with Gasteiger partial charge in [0, 0.05) is 6.54 Å². The Hall–Kier alpha value is -1.01. The van der Waals surface area contributed by atoms with Crippen LogP contribution in [0.5, 0.6) is 0 Å². The fraction of sp³-hybridized carbons (Fsp3) is 0.500. The van der Waals surface area contributed by atoms with Crippen LogP contribution in [-0.4, -0.2) is 19.7 Å². The molecule has 0 fully saturated rings. The summed E-state index contributed by atoms with van der Waals surface area (Å²) in [6.45, 7) is 7.20. The third-order valence-corrected chi connectivity index (χ3v) is 3.49. The molecule has 0 aliphatic heterocycles. The van der Waals surface area contributed by atoms with Gasteiger partial charge in [0.15, 0.2) is 10.6 Å². The second-order valence-electron chi connectivity index (χ2n) is 4.12. The van der Waals surface area contributed by atoms with Crippen LogP contribution in [0.4, 0.5) is 0 Å². The molecule has 0 unspecified atom stereocenters. The summed E-state index contributed by atoms with van der Waals surface area (Å²) < 4.78 is 2.72. The Bertz CT molecular complexity index is 535. The topological polar surface area (TPSA) is 46.5 Å². The van der Waals surface area contributed by atoms with Crippen molar-refractivity contribution in [1.82, 2.24) is 19.7 Å². The lowest BCUT2D eigenvalue weighted by atomic mass is 10.2. The Balaban J connectivity index is 2.50. The smallest absolute Gasteiger partial charge is 0.195 e. The van der Waals surface area contributed by atoms with E-state index in [4.69, 9.17) is 12.2 Å². The Morgan fingerprint density at radius 2 is 2.31 bits per heavy atom. The molecular weight excluding hydrogens is 240 g/mol. The average Bonchev–Trinajstić information content (AvgIpc) is 2.75. The zero-order chi connectivity index (χ0) is 11.7. The number of rotatable bonds is 3. The first-order chi connectivity index (χ1) is 7.59. The van der Waals surface area contributed by atoms with Crippen LogP contribution in [0.2, 0.25) is 0 Å². The molecule has 2 rings (SSSR count). The molecule has 0 atom stereocenters. The maximum Gasteiger partial charge on any atom is 0.195 e. The van der Waals surface area contributed by atoms with Gasteiger partial charge in [-0.3, -0.25) is 9.67 Å². The number of hydrogen-bond donors (Lipinski definition) is 1. The number of nitrogens with one attached hydrogen (secondary N) is 1. The second kappa shape index (κ2) is 4.47. The molecule has 0 saturated carbocycles. The van der Waals surface area contributed by atoms with Gasteiger partial charge in [0.2, 0.25) is 0 Å². The quantitative estimate of drug-likeness (QED) is 0.856. The lowest BCUT2D eigenvalue weighted by Crippen LogP contribution is -2.06. The standard InChI is InChI=1S/C10H14N4S2/c1-6(2)4-14-9(12-13-10(14)15)8-7(3)11-5-16-8/h5-6H,4H2,1-3H3,(H,13,15). The Morgan fingerprint density at radius 1 is 1.56 bits per heavy atom. The van der Waals surface area contributed by atoms with Crippen molar-refractivity contribution in [2.45, 2.75) is 27.3 Å². The molecule has 0 amide bonds. The lowest BCUT2D eigenvalue weighted by molar-refractivity contribution is 0.521. The van der Waals surface area contributed by atoms with Crippen molar-refractivity contribution in [3.63, 3.8) is 0 Å². The van der Waals surface area contributed by atoms with Crippen molar-refractivity contribution in [3.8, 4) is 10.7 Å². The Morgan fingerprint density at radius 3 is 2.88 bits per heavy atom. The summed E-state index contributed by atoms with van der Waals surface area (Å²) in [4.78, 5) is 5.33. The zero-order valence-corrected chi connectivity index (χ0v) is 11.2. The first-order valence-electron chi connectivity index (χ1n) is 5.15.